The Morgan fingerprint density at radius 3 is 2.52 bits per heavy atom. The molecule has 0 atom stereocenters. The third-order valence-corrected chi connectivity index (χ3v) is 6.08. The predicted octanol–water partition coefficient (Wildman–Crippen LogP) is 6.15. The van der Waals surface area contributed by atoms with Crippen LogP contribution in [0, 0.1) is 13.8 Å². The molecule has 4 nitrogen and oxygen atoms in total. The van der Waals surface area contributed by atoms with E-state index in [0.717, 1.165) is 34.8 Å². The van der Waals surface area contributed by atoms with Crippen LogP contribution in [0.1, 0.15) is 29.3 Å². The Morgan fingerprint density at radius 2 is 1.93 bits per heavy atom. The average Bonchev–Trinajstić information content (AvgIpc) is 3.11. The SMILES string of the molecule is CC(=O)N(c1ccc(C)c(C)c1)c1nc(CSc2ccc(C(F)(F)F)cn2)cs1. The number of benzene rings is 1. The predicted molar refractivity (Wildman–Crippen MR) is 110 cm³/mol. The number of thioether (sulfide) groups is 1. The number of carbonyl (C=O) groups is 1. The van der Waals surface area contributed by atoms with Crippen molar-refractivity contribution in [3.63, 3.8) is 0 Å². The number of anilines is 2. The summed E-state index contributed by atoms with van der Waals surface area (Å²) in [6.07, 6.45) is -3.57. The van der Waals surface area contributed by atoms with Crippen LogP contribution in [0.25, 0.3) is 0 Å². The fraction of sp³-hybridized carbons (Fsp3) is 0.250. The molecule has 0 unspecified atom stereocenters. The van der Waals surface area contributed by atoms with Crippen LogP contribution in [0.15, 0.2) is 46.9 Å². The minimum Gasteiger partial charge on any atom is -0.274 e. The highest BCUT2D eigenvalue weighted by Gasteiger charge is 2.30. The molecule has 3 rings (SSSR count). The van der Waals surface area contributed by atoms with Crippen molar-refractivity contribution in [3.8, 4) is 0 Å². The molecule has 1 aromatic carbocycles. The normalized spacial score (nSPS) is 11.5. The van der Waals surface area contributed by atoms with Gasteiger partial charge >= 0.3 is 6.18 Å². The maximum atomic E-state index is 12.6. The summed E-state index contributed by atoms with van der Waals surface area (Å²) in [5, 5.41) is 2.87. The molecule has 29 heavy (non-hydrogen) atoms. The zero-order chi connectivity index (χ0) is 21.2. The van der Waals surface area contributed by atoms with Gasteiger partial charge in [-0.1, -0.05) is 6.07 Å². The number of aromatic nitrogens is 2. The first-order valence-corrected chi connectivity index (χ1v) is 10.5. The fourth-order valence-corrected chi connectivity index (χ4v) is 4.27. The van der Waals surface area contributed by atoms with Crippen LogP contribution in [0.5, 0.6) is 0 Å². The second-order valence-electron chi connectivity index (χ2n) is 6.42. The van der Waals surface area contributed by atoms with Crippen molar-refractivity contribution >= 4 is 39.8 Å². The van der Waals surface area contributed by atoms with Crippen LogP contribution in [-0.2, 0) is 16.7 Å². The maximum Gasteiger partial charge on any atom is 0.417 e. The van der Waals surface area contributed by atoms with Gasteiger partial charge in [0.1, 0.15) is 0 Å². The summed E-state index contributed by atoms with van der Waals surface area (Å²) in [4.78, 5) is 22.2. The Labute approximate surface area is 174 Å². The molecule has 152 valence electrons. The van der Waals surface area contributed by atoms with E-state index >= 15 is 0 Å². The molecule has 9 heteroatoms. The minimum absolute atomic E-state index is 0.147. The van der Waals surface area contributed by atoms with Gasteiger partial charge in [-0.15, -0.1) is 23.1 Å². The van der Waals surface area contributed by atoms with Gasteiger partial charge in [-0.3, -0.25) is 9.69 Å². The van der Waals surface area contributed by atoms with Gasteiger partial charge in [0.05, 0.1) is 22.0 Å². The molecule has 1 amide bonds. The van der Waals surface area contributed by atoms with E-state index in [4.69, 9.17) is 0 Å². The highest BCUT2D eigenvalue weighted by molar-refractivity contribution is 7.98. The van der Waals surface area contributed by atoms with E-state index in [0.29, 0.717) is 15.9 Å². The maximum absolute atomic E-state index is 12.6. The summed E-state index contributed by atoms with van der Waals surface area (Å²) >= 11 is 2.63. The molecule has 0 spiro atoms. The van der Waals surface area contributed by atoms with Gasteiger partial charge in [0, 0.05) is 24.3 Å². The van der Waals surface area contributed by atoms with Crippen LogP contribution in [0.3, 0.4) is 0 Å². The smallest absolute Gasteiger partial charge is 0.274 e. The lowest BCUT2D eigenvalue weighted by Gasteiger charge is -2.19. The van der Waals surface area contributed by atoms with Crippen molar-refractivity contribution in [3.05, 3.63) is 64.3 Å². The lowest BCUT2D eigenvalue weighted by Crippen LogP contribution is -2.22. The summed E-state index contributed by atoms with van der Waals surface area (Å²) in [7, 11) is 0. The molecular formula is C20H18F3N3OS2. The van der Waals surface area contributed by atoms with E-state index < -0.39 is 11.7 Å². The number of halogens is 3. The average molecular weight is 438 g/mol. The summed E-state index contributed by atoms with van der Waals surface area (Å²) in [6, 6.07) is 8.14. The van der Waals surface area contributed by atoms with Crippen LogP contribution in [-0.4, -0.2) is 15.9 Å². The molecule has 0 aliphatic heterocycles. The molecule has 0 saturated carbocycles. The zero-order valence-electron chi connectivity index (χ0n) is 15.9. The number of rotatable bonds is 5. The quantitative estimate of drug-likeness (QED) is 0.449. The van der Waals surface area contributed by atoms with Crippen LogP contribution in [0.2, 0.25) is 0 Å². The minimum atomic E-state index is -4.40. The first-order chi connectivity index (χ1) is 13.6. The van der Waals surface area contributed by atoms with Crippen LogP contribution in [0.4, 0.5) is 24.0 Å². The Hall–Kier alpha value is -2.39. The summed E-state index contributed by atoms with van der Waals surface area (Å²) < 4.78 is 37.8. The number of pyridine rings is 1. The number of alkyl halides is 3. The summed E-state index contributed by atoms with van der Waals surface area (Å²) in [5.74, 6) is 0.291. The van der Waals surface area contributed by atoms with Crippen LogP contribution >= 0.6 is 23.1 Å². The first kappa shape index (κ1) is 21.3. The van der Waals surface area contributed by atoms with E-state index in [1.807, 2.05) is 37.4 Å². The number of hydrogen-bond donors (Lipinski definition) is 0. The molecule has 0 bridgehead atoms. The van der Waals surface area contributed by atoms with Gasteiger partial charge in [0.25, 0.3) is 0 Å². The van der Waals surface area contributed by atoms with Gasteiger partial charge in [0.2, 0.25) is 5.91 Å². The summed E-state index contributed by atoms with van der Waals surface area (Å²) in [5.41, 5.74) is 2.92. The van der Waals surface area contributed by atoms with Gasteiger partial charge < -0.3 is 0 Å². The van der Waals surface area contributed by atoms with Crippen molar-refractivity contribution in [2.45, 2.75) is 37.7 Å². The van der Waals surface area contributed by atoms with Gasteiger partial charge in [-0.05, 0) is 49.2 Å². The highest BCUT2D eigenvalue weighted by Crippen LogP contribution is 2.33. The second kappa shape index (κ2) is 8.54. The largest absolute Gasteiger partial charge is 0.417 e. The Balaban J connectivity index is 1.73. The van der Waals surface area contributed by atoms with Gasteiger partial charge in [-0.2, -0.15) is 13.2 Å². The third-order valence-electron chi connectivity index (χ3n) is 4.23. The fourth-order valence-electron chi connectivity index (χ4n) is 2.54. The standard InChI is InChI=1S/C20H18F3N3OS2/c1-12-4-6-17(8-13(12)2)26(14(3)27)19-25-16(11-29-19)10-28-18-7-5-15(9-24-18)20(21,22)23/h4-9,11H,10H2,1-3H3. The molecule has 0 saturated heterocycles. The Morgan fingerprint density at radius 1 is 1.17 bits per heavy atom. The number of amides is 1. The number of carbonyl (C=O) groups excluding carboxylic acids is 1. The van der Waals surface area contributed by atoms with Crippen molar-refractivity contribution in [1.29, 1.82) is 0 Å². The van der Waals surface area contributed by atoms with E-state index in [9.17, 15) is 18.0 Å². The van der Waals surface area contributed by atoms with E-state index in [1.165, 1.54) is 36.1 Å². The number of thiazole rings is 1. The van der Waals surface area contributed by atoms with Crippen LogP contribution < -0.4 is 4.90 Å². The molecule has 3 aromatic rings. The molecule has 2 heterocycles. The lowest BCUT2D eigenvalue weighted by atomic mass is 10.1. The van der Waals surface area contributed by atoms with E-state index in [2.05, 4.69) is 9.97 Å². The van der Waals surface area contributed by atoms with Crippen molar-refractivity contribution in [2.24, 2.45) is 0 Å². The highest BCUT2D eigenvalue weighted by atomic mass is 32.2. The number of nitrogens with zero attached hydrogens (tertiary/aromatic N) is 3. The third kappa shape index (κ3) is 5.16. The molecule has 0 fully saturated rings. The zero-order valence-corrected chi connectivity index (χ0v) is 17.6. The molecule has 0 aliphatic rings. The van der Waals surface area contributed by atoms with Gasteiger partial charge in [0.15, 0.2) is 5.13 Å². The molecule has 0 radical (unpaired) electrons. The van der Waals surface area contributed by atoms with Crippen molar-refractivity contribution < 1.29 is 18.0 Å². The van der Waals surface area contributed by atoms with Crippen molar-refractivity contribution in [2.75, 3.05) is 4.90 Å². The Kier molecular flexibility index (Phi) is 6.28. The van der Waals surface area contributed by atoms with Crippen molar-refractivity contribution in [1.82, 2.24) is 9.97 Å². The Bertz CT molecular complexity index is 1020. The molecule has 0 aliphatic carbocycles. The first-order valence-electron chi connectivity index (χ1n) is 8.63. The van der Waals surface area contributed by atoms with Gasteiger partial charge in [-0.25, -0.2) is 9.97 Å². The second-order valence-corrected chi connectivity index (χ2v) is 8.25. The van der Waals surface area contributed by atoms with E-state index in [-0.39, 0.29) is 5.91 Å². The molecular weight excluding hydrogens is 419 g/mol. The molecule has 2 aromatic heterocycles. The lowest BCUT2D eigenvalue weighted by molar-refractivity contribution is -0.137. The van der Waals surface area contributed by atoms with E-state index in [1.54, 1.807) is 4.90 Å². The molecule has 0 N–H and O–H groups in total. The summed E-state index contributed by atoms with van der Waals surface area (Å²) in [6.45, 7) is 5.47. The number of aryl methyl sites for hydroxylation is 2. The monoisotopic (exact) mass is 437 g/mol. The number of hydrogen-bond acceptors (Lipinski definition) is 5. The topological polar surface area (TPSA) is 46.1 Å².